The summed E-state index contributed by atoms with van der Waals surface area (Å²) < 4.78 is 0. The summed E-state index contributed by atoms with van der Waals surface area (Å²) in [5, 5.41) is 18.3. The molecule has 1 aliphatic rings. The number of aryl methyl sites for hydroxylation is 2. The number of nitrogens with one attached hydrogen (secondary N) is 1. The Bertz CT molecular complexity index is 363. The second-order valence-electron chi connectivity index (χ2n) is 4.20. The van der Waals surface area contributed by atoms with Crippen LogP contribution in [-0.4, -0.2) is 26.2 Å². The van der Waals surface area contributed by atoms with Crippen LogP contribution in [0.25, 0.3) is 0 Å². The maximum absolute atomic E-state index is 10.4. The lowest BCUT2D eigenvalue weighted by molar-refractivity contribution is -0.137. The van der Waals surface area contributed by atoms with Gasteiger partial charge in [0.1, 0.15) is 11.9 Å². The molecule has 16 heavy (non-hydrogen) atoms. The van der Waals surface area contributed by atoms with Gasteiger partial charge < -0.3 is 15.2 Å². The number of carbonyl (C=O) groups is 1. The van der Waals surface area contributed by atoms with Gasteiger partial charge in [0.2, 0.25) is 0 Å². The van der Waals surface area contributed by atoms with Crippen LogP contribution in [0.15, 0.2) is 0 Å². The number of aliphatic hydroxyl groups excluding tert-OH is 1. The molecule has 1 unspecified atom stereocenters. The summed E-state index contributed by atoms with van der Waals surface area (Å²) in [6.07, 6.45) is 3.61. The standard InChI is InChI=1S/C11H16N2O3/c14-9(5-6-10(15)16)11-12-7-3-1-2-4-8(7)13-11/h9,14H,1-6H2,(H,12,13)(H,15,16). The van der Waals surface area contributed by atoms with Crippen LogP contribution in [0, 0.1) is 0 Å². The van der Waals surface area contributed by atoms with Gasteiger partial charge >= 0.3 is 5.97 Å². The van der Waals surface area contributed by atoms with Gasteiger partial charge in [-0.15, -0.1) is 0 Å². The minimum atomic E-state index is -0.893. The van der Waals surface area contributed by atoms with Crippen molar-refractivity contribution in [2.24, 2.45) is 0 Å². The Morgan fingerprint density at radius 3 is 2.88 bits per heavy atom. The third-order valence-electron chi connectivity index (χ3n) is 2.92. The van der Waals surface area contributed by atoms with Crippen molar-refractivity contribution < 1.29 is 15.0 Å². The largest absolute Gasteiger partial charge is 0.481 e. The van der Waals surface area contributed by atoms with E-state index in [1.807, 2.05) is 0 Å². The highest BCUT2D eigenvalue weighted by Crippen LogP contribution is 2.23. The molecule has 0 amide bonds. The zero-order valence-corrected chi connectivity index (χ0v) is 9.07. The number of aromatic nitrogens is 2. The second-order valence-corrected chi connectivity index (χ2v) is 4.20. The fourth-order valence-corrected chi connectivity index (χ4v) is 2.03. The maximum atomic E-state index is 10.4. The van der Waals surface area contributed by atoms with Crippen LogP contribution in [0.1, 0.15) is 49.0 Å². The first-order valence-corrected chi connectivity index (χ1v) is 5.64. The molecule has 0 radical (unpaired) electrons. The Morgan fingerprint density at radius 1 is 1.44 bits per heavy atom. The number of fused-ring (bicyclic) bond motifs is 1. The zero-order valence-electron chi connectivity index (χ0n) is 9.07. The van der Waals surface area contributed by atoms with Crippen LogP contribution >= 0.6 is 0 Å². The normalized spacial score (nSPS) is 16.8. The predicted octanol–water partition coefficient (Wildman–Crippen LogP) is 1.19. The van der Waals surface area contributed by atoms with Crippen molar-refractivity contribution in [3.63, 3.8) is 0 Å². The van der Waals surface area contributed by atoms with E-state index in [-0.39, 0.29) is 12.8 Å². The molecule has 2 rings (SSSR count). The molecule has 88 valence electrons. The van der Waals surface area contributed by atoms with Crippen molar-refractivity contribution in [1.29, 1.82) is 0 Å². The van der Waals surface area contributed by atoms with Crippen LogP contribution in [0.3, 0.4) is 0 Å². The van der Waals surface area contributed by atoms with Crippen LogP contribution in [0.2, 0.25) is 0 Å². The van der Waals surface area contributed by atoms with Crippen LogP contribution in [0.4, 0.5) is 0 Å². The van der Waals surface area contributed by atoms with E-state index in [9.17, 15) is 9.90 Å². The fraction of sp³-hybridized carbons (Fsp3) is 0.636. The number of aliphatic hydroxyl groups is 1. The summed E-state index contributed by atoms with van der Waals surface area (Å²) in [5.74, 6) is -0.372. The molecule has 0 spiro atoms. The van der Waals surface area contributed by atoms with Gasteiger partial charge in [-0.3, -0.25) is 4.79 Å². The topological polar surface area (TPSA) is 86.2 Å². The number of H-pyrrole nitrogens is 1. The van der Waals surface area contributed by atoms with Crippen molar-refractivity contribution >= 4 is 5.97 Å². The van der Waals surface area contributed by atoms with Crippen molar-refractivity contribution in [1.82, 2.24) is 9.97 Å². The molecule has 0 fully saturated rings. The molecule has 3 N–H and O–H groups in total. The van der Waals surface area contributed by atoms with Gasteiger partial charge in [-0.2, -0.15) is 0 Å². The fourth-order valence-electron chi connectivity index (χ4n) is 2.03. The molecule has 1 aromatic rings. The van der Waals surface area contributed by atoms with E-state index in [4.69, 9.17) is 5.11 Å². The number of nitrogens with zero attached hydrogens (tertiary/aromatic N) is 1. The van der Waals surface area contributed by atoms with Crippen molar-refractivity contribution in [2.45, 2.75) is 44.6 Å². The summed E-state index contributed by atoms with van der Waals surface area (Å²) in [6, 6.07) is 0. The number of hydrogen-bond acceptors (Lipinski definition) is 3. The lowest BCUT2D eigenvalue weighted by atomic mass is 10.0. The smallest absolute Gasteiger partial charge is 0.303 e. The number of carboxylic acids is 1. The molecule has 1 aliphatic carbocycles. The summed E-state index contributed by atoms with van der Waals surface area (Å²) in [6.45, 7) is 0. The van der Waals surface area contributed by atoms with E-state index >= 15 is 0 Å². The number of carboxylic acid groups (broad SMARTS) is 1. The quantitative estimate of drug-likeness (QED) is 0.717. The molecule has 5 heteroatoms. The Hall–Kier alpha value is -1.36. The molecule has 1 aromatic heterocycles. The predicted molar refractivity (Wildman–Crippen MR) is 57.1 cm³/mol. The molecular formula is C11H16N2O3. The summed E-state index contributed by atoms with van der Waals surface area (Å²) in [4.78, 5) is 17.8. The Labute approximate surface area is 93.5 Å². The lowest BCUT2D eigenvalue weighted by Gasteiger charge is -2.07. The Balaban J connectivity index is 2.03. The van der Waals surface area contributed by atoms with Gasteiger partial charge in [0.25, 0.3) is 0 Å². The third-order valence-corrected chi connectivity index (χ3v) is 2.92. The molecule has 0 saturated carbocycles. The number of aliphatic carboxylic acids is 1. The first-order chi connectivity index (χ1) is 7.66. The minimum Gasteiger partial charge on any atom is -0.481 e. The van der Waals surface area contributed by atoms with Crippen molar-refractivity contribution in [2.75, 3.05) is 0 Å². The maximum Gasteiger partial charge on any atom is 0.303 e. The van der Waals surface area contributed by atoms with Gasteiger partial charge in [-0.05, 0) is 32.1 Å². The van der Waals surface area contributed by atoms with E-state index in [1.165, 1.54) is 0 Å². The van der Waals surface area contributed by atoms with E-state index in [0.29, 0.717) is 5.82 Å². The van der Waals surface area contributed by atoms with Gasteiger partial charge in [0, 0.05) is 12.1 Å². The SMILES string of the molecule is O=C(O)CCC(O)c1nc2c([nH]1)CCCC2. The summed E-state index contributed by atoms with van der Waals surface area (Å²) >= 11 is 0. The minimum absolute atomic E-state index is 0.0352. The van der Waals surface area contributed by atoms with Gasteiger partial charge in [0.15, 0.2) is 0 Å². The summed E-state index contributed by atoms with van der Waals surface area (Å²) in [5.41, 5.74) is 2.14. The highest BCUT2D eigenvalue weighted by molar-refractivity contribution is 5.66. The highest BCUT2D eigenvalue weighted by atomic mass is 16.4. The first kappa shape index (κ1) is 11.1. The summed E-state index contributed by atoms with van der Waals surface area (Å²) in [7, 11) is 0. The van der Waals surface area contributed by atoms with Gasteiger partial charge in [-0.25, -0.2) is 4.98 Å². The van der Waals surface area contributed by atoms with Gasteiger partial charge in [-0.1, -0.05) is 0 Å². The van der Waals surface area contributed by atoms with Crippen molar-refractivity contribution in [3.05, 3.63) is 17.2 Å². The molecule has 1 atom stereocenters. The van der Waals surface area contributed by atoms with Crippen LogP contribution in [0.5, 0.6) is 0 Å². The molecule has 5 nitrogen and oxygen atoms in total. The van der Waals surface area contributed by atoms with E-state index in [2.05, 4.69) is 9.97 Å². The monoisotopic (exact) mass is 224 g/mol. The van der Waals surface area contributed by atoms with Crippen LogP contribution in [-0.2, 0) is 17.6 Å². The first-order valence-electron chi connectivity index (χ1n) is 5.64. The molecule has 0 aliphatic heterocycles. The Kier molecular flexibility index (Phi) is 3.24. The lowest BCUT2D eigenvalue weighted by Crippen LogP contribution is -2.04. The number of rotatable bonds is 4. The van der Waals surface area contributed by atoms with E-state index in [1.54, 1.807) is 0 Å². The average Bonchev–Trinajstić information content (AvgIpc) is 2.69. The molecule has 1 heterocycles. The van der Waals surface area contributed by atoms with E-state index < -0.39 is 12.1 Å². The number of aromatic amines is 1. The second kappa shape index (κ2) is 4.65. The zero-order chi connectivity index (χ0) is 11.5. The molecule has 0 bridgehead atoms. The van der Waals surface area contributed by atoms with Crippen LogP contribution < -0.4 is 0 Å². The number of imidazole rings is 1. The third kappa shape index (κ3) is 2.41. The van der Waals surface area contributed by atoms with Crippen molar-refractivity contribution in [3.8, 4) is 0 Å². The molecule has 0 saturated heterocycles. The van der Waals surface area contributed by atoms with E-state index in [0.717, 1.165) is 37.1 Å². The number of hydrogen-bond donors (Lipinski definition) is 3. The Morgan fingerprint density at radius 2 is 2.19 bits per heavy atom. The highest BCUT2D eigenvalue weighted by Gasteiger charge is 2.19. The molecular weight excluding hydrogens is 208 g/mol. The molecule has 0 aromatic carbocycles. The van der Waals surface area contributed by atoms with Gasteiger partial charge in [0.05, 0.1) is 5.69 Å². The average molecular weight is 224 g/mol.